The largest absolute Gasteiger partial charge is 0.309 e. The van der Waals surface area contributed by atoms with E-state index in [0.717, 1.165) is 33.7 Å². The maximum absolute atomic E-state index is 6.23. The molecule has 1 atom stereocenters. The van der Waals surface area contributed by atoms with Crippen LogP contribution in [0.25, 0.3) is 0 Å². The summed E-state index contributed by atoms with van der Waals surface area (Å²) in [6.45, 7) is 5.29. The number of benzene rings is 3. The fourth-order valence-corrected chi connectivity index (χ4v) is 4.52. The van der Waals surface area contributed by atoms with Crippen molar-refractivity contribution in [1.29, 1.82) is 0 Å². The van der Waals surface area contributed by atoms with Gasteiger partial charge in [-0.2, -0.15) is 0 Å². The lowest BCUT2D eigenvalue weighted by molar-refractivity contribution is 0.601. The van der Waals surface area contributed by atoms with Crippen molar-refractivity contribution in [2.45, 2.75) is 31.2 Å². The molecule has 0 saturated heterocycles. The molecule has 0 heterocycles. The van der Waals surface area contributed by atoms with E-state index in [2.05, 4.69) is 67.7 Å². The molecule has 4 heteroatoms. The van der Waals surface area contributed by atoms with E-state index >= 15 is 0 Å². The summed E-state index contributed by atoms with van der Waals surface area (Å²) in [7, 11) is 0. The van der Waals surface area contributed by atoms with Crippen molar-refractivity contribution in [3.8, 4) is 0 Å². The van der Waals surface area contributed by atoms with Gasteiger partial charge in [0.25, 0.3) is 0 Å². The minimum absolute atomic E-state index is 0.298. The molecule has 1 unspecified atom stereocenters. The number of aryl methyl sites for hydroxylation is 1. The van der Waals surface area contributed by atoms with Crippen LogP contribution in [-0.2, 0) is 6.42 Å². The van der Waals surface area contributed by atoms with Crippen LogP contribution in [0.1, 0.15) is 35.2 Å². The molecule has 28 heavy (non-hydrogen) atoms. The minimum atomic E-state index is 0.298. The van der Waals surface area contributed by atoms with Crippen molar-refractivity contribution < 1.29 is 0 Å². The molecule has 0 spiro atoms. The first kappa shape index (κ1) is 21.3. The quantitative estimate of drug-likeness (QED) is 0.296. The van der Waals surface area contributed by atoms with Gasteiger partial charge in [0.2, 0.25) is 0 Å². The first-order valence-electron chi connectivity index (χ1n) is 9.47. The average molecular weight is 430 g/mol. The highest BCUT2D eigenvalue weighted by atomic mass is 35.5. The zero-order valence-corrected chi connectivity index (χ0v) is 18.5. The Balaban J connectivity index is 1.54. The Hall–Kier alpha value is -1.45. The number of rotatable bonds is 8. The van der Waals surface area contributed by atoms with E-state index in [1.165, 1.54) is 22.3 Å². The highest BCUT2D eigenvalue weighted by Gasteiger charge is 2.08. The standard InChI is InChI=1S/C24H25Cl2NS/c1-17-6-3-4-8-20(17)14-19-7-5-9-21(15-19)18(2)27-12-13-28-24-16-22(25)10-11-23(24)26/h3-11,15-16,18,27H,12-14H2,1-2H3. The monoisotopic (exact) mass is 429 g/mol. The molecule has 3 rings (SSSR count). The van der Waals surface area contributed by atoms with Gasteiger partial charge < -0.3 is 5.32 Å². The van der Waals surface area contributed by atoms with Crippen molar-refractivity contribution in [2.75, 3.05) is 12.3 Å². The highest BCUT2D eigenvalue weighted by molar-refractivity contribution is 7.99. The van der Waals surface area contributed by atoms with Crippen LogP contribution in [0.3, 0.4) is 0 Å². The van der Waals surface area contributed by atoms with E-state index in [0.29, 0.717) is 6.04 Å². The molecule has 1 nitrogen and oxygen atoms in total. The number of nitrogens with one attached hydrogen (secondary N) is 1. The summed E-state index contributed by atoms with van der Waals surface area (Å²) in [5.74, 6) is 0.938. The Morgan fingerprint density at radius 3 is 2.61 bits per heavy atom. The van der Waals surface area contributed by atoms with Gasteiger partial charge >= 0.3 is 0 Å². The topological polar surface area (TPSA) is 12.0 Å². The van der Waals surface area contributed by atoms with Crippen LogP contribution in [0.2, 0.25) is 10.0 Å². The lowest BCUT2D eigenvalue weighted by Gasteiger charge is -2.16. The Bertz CT molecular complexity index is 926. The number of halogens is 2. The van der Waals surface area contributed by atoms with Gasteiger partial charge in [-0.15, -0.1) is 11.8 Å². The lowest BCUT2D eigenvalue weighted by Crippen LogP contribution is -2.21. The second-order valence-electron chi connectivity index (χ2n) is 6.95. The first-order chi connectivity index (χ1) is 13.5. The van der Waals surface area contributed by atoms with E-state index in [1.54, 1.807) is 11.8 Å². The van der Waals surface area contributed by atoms with Gasteiger partial charge in [-0.05, 0) is 60.7 Å². The van der Waals surface area contributed by atoms with Crippen LogP contribution in [0.4, 0.5) is 0 Å². The van der Waals surface area contributed by atoms with Crippen molar-refractivity contribution >= 4 is 35.0 Å². The van der Waals surface area contributed by atoms with Gasteiger partial charge in [0.1, 0.15) is 0 Å². The molecule has 146 valence electrons. The van der Waals surface area contributed by atoms with Gasteiger partial charge in [-0.3, -0.25) is 0 Å². The molecule has 0 saturated carbocycles. The SMILES string of the molecule is Cc1ccccc1Cc1cccc(C(C)NCCSc2cc(Cl)ccc2Cl)c1. The molecule has 0 aliphatic rings. The number of hydrogen-bond acceptors (Lipinski definition) is 2. The molecule has 0 aliphatic heterocycles. The smallest absolute Gasteiger partial charge is 0.0542 e. The minimum Gasteiger partial charge on any atom is -0.309 e. The summed E-state index contributed by atoms with van der Waals surface area (Å²) in [6.07, 6.45) is 0.969. The summed E-state index contributed by atoms with van der Waals surface area (Å²) >= 11 is 14.0. The molecule has 0 aromatic heterocycles. The number of thioether (sulfide) groups is 1. The lowest BCUT2D eigenvalue weighted by atomic mass is 9.98. The van der Waals surface area contributed by atoms with Gasteiger partial charge in [-0.1, -0.05) is 71.7 Å². The molecule has 1 N–H and O–H groups in total. The maximum Gasteiger partial charge on any atom is 0.0542 e. The van der Waals surface area contributed by atoms with Gasteiger partial charge in [0.05, 0.1) is 5.02 Å². The number of hydrogen-bond donors (Lipinski definition) is 1. The second kappa shape index (κ2) is 10.4. The van der Waals surface area contributed by atoms with Gasteiger partial charge in [-0.25, -0.2) is 0 Å². The molecular formula is C24H25Cl2NS. The third kappa shape index (κ3) is 6.02. The molecule has 0 amide bonds. The van der Waals surface area contributed by atoms with Crippen molar-refractivity contribution in [2.24, 2.45) is 0 Å². The molecule has 0 fully saturated rings. The molecule has 0 radical (unpaired) electrons. The maximum atomic E-state index is 6.23. The van der Waals surface area contributed by atoms with Gasteiger partial charge in [0.15, 0.2) is 0 Å². The van der Waals surface area contributed by atoms with Crippen LogP contribution >= 0.6 is 35.0 Å². The Kier molecular flexibility index (Phi) is 7.87. The molecular weight excluding hydrogens is 405 g/mol. The van der Waals surface area contributed by atoms with Crippen LogP contribution in [-0.4, -0.2) is 12.3 Å². The Labute approximate surface area is 182 Å². The zero-order chi connectivity index (χ0) is 19.9. The zero-order valence-electron chi connectivity index (χ0n) is 16.2. The second-order valence-corrected chi connectivity index (χ2v) is 8.93. The van der Waals surface area contributed by atoms with Crippen LogP contribution in [0, 0.1) is 6.92 Å². The van der Waals surface area contributed by atoms with Crippen LogP contribution in [0.15, 0.2) is 71.6 Å². The molecule has 0 aliphatic carbocycles. The van der Waals surface area contributed by atoms with E-state index in [1.807, 2.05) is 18.2 Å². The highest BCUT2D eigenvalue weighted by Crippen LogP contribution is 2.29. The summed E-state index contributed by atoms with van der Waals surface area (Å²) in [6, 6.07) is 23.3. The Morgan fingerprint density at radius 2 is 1.79 bits per heavy atom. The summed E-state index contributed by atoms with van der Waals surface area (Å²) in [5, 5.41) is 5.09. The average Bonchev–Trinajstić information content (AvgIpc) is 2.69. The van der Waals surface area contributed by atoms with Crippen molar-refractivity contribution in [3.63, 3.8) is 0 Å². The van der Waals surface area contributed by atoms with E-state index in [9.17, 15) is 0 Å². The molecule has 0 bridgehead atoms. The molecule has 3 aromatic rings. The summed E-state index contributed by atoms with van der Waals surface area (Å²) in [5.41, 5.74) is 5.39. The van der Waals surface area contributed by atoms with Crippen LogP contribution < -0.4 is 5.32 Å². The Morgan fingerprint density at radius 1 is 0.964 bits per heavy atom. The predicted octanol–water partition coefficient (Wildman–Crippen LogP) is 7.34. The normalized spacial score (nSPS) is 12.1. The summed E-state index contributed by atoms with van der Waals surface area (Å²) in [4.78, 5) is 1.03. The van der Waals surface area contributed by atoms with E-state index in [4.69, 9.17) is 23.2 Å². The third-order valence-electron chi connectivity index (χ3n) is 4.81. The fraction of sp³-hybridized carbons (Fsp3) is 0.250. The first-order valence-corrected chi connectivity index (χ1v) is 11.2. The van der Waals surface area contributed by atoms with E-state index < -0.39 is 0 Å². The van der Waals surface area contributed by atoms with E-state index in [-0.39, 0.29) is 0 Å². The van der Waals surface area contributed by atoms with Gasteiger partial charge in [0, 0.05) is 28.3 Å². The third-order valence-corrected chi connectivity index (χ3v) is 6.54. The van der Waals surface area contributed by atoms with Crippen molar-refractivity contribution in [1.82, 2.24) is 5.32 Å². The fourth-order valence-electron chi connectivity index (χ4n) is 3.14. The van der Waals surface area contributed by atoms with Crippen LogP contribution in [0.5, 0.6) is 0 Å². The summed E-state index contributed by atoms with van der Waals surface area (Å²) < 4.78 is 0. The predicted molar refractivity (Wildman–Crippen MR) is 124 cm³/mol. The van der Waals surface area contributed by atoms with Crippen molar-refractivity contribution in [3.05, 3.63) is 99.0 Å². The molecule has 3 aromatic carbocycles.